The van der Waals surface area contributed by atoms with E-state index in [0.29, 0.717) is 22.8 Å². The summed E-state index contributed by atoms with van der Waals surface area (Å²) in [6.07, 6.45) is 0.824. The summed E-state index contributed by atoms with van der Waals surface area (Å²) in [4.78, 5) is 10.7. The van der Waals surface area contributed by atoms with Crippen molar-refractivity contribution in [3.05, 3.63) is 64.7 Å². The Morgan fingerprint density at radius 3 is 2.64 bits per heavy atom. The number of benzene rings is 2. The highest BCUT2D eigenvalue weighted by Crippen LogP contribution is 2.21. The Morgan fingerprint density at radius 1 is 1.32 bits per heavy atom. The minimum atomic E-state index is -1.13. The van der Waals surface area contributed by atoms with Crippen LogP contribution in [0.1, 0.15) is 11.1 Å². The number of anilines is 1. The zero-order chi connectivity index (χ0) is 15.9. The average molecular weight is 314 g/mol. The second-order valence-electron chi connectivity index (χ2n) is 4.43. The fourth-order valence-corrected chi connectivity index (χ4v) is 2.00. The average Bonchev–Trinajstić information content (AvgIpc) is 2.52. The predicted molar refractivity (Wildman–Crippen MR) is 84.9 cm³/mol. The minimum Gasteiger partial charge on any atom is -0.477 e. The van der Waals surface area contributed by atoms with E-state index in [1.807, 2.05) is 6.07 Å². The zero-order valence-electron chi connectivity index (χ0n) is 11.5. The maximum atomic E-state index is 10.7. The van der Waals surface area contributed by atoms with Crippen LogP contribution in [0.2, 0.25) is 5.02 Å². The van der Waals surface area contributed by atoms with Crippen LogP contribution >= 0.6 is 11.6 Å². The Hall–Kier alpha value is -2.84. The van der Waals surface area contributed by atoms with E-state index in [9.17, 15) is 4.79 Å². The van der Waals surface area contributed by atoms with Crippen LogP contribution < -0.4 is 5.01 Å². The highest BCUT2D eigenvalue weighted by Gasteiger charge is 2.07. The topological polar surface area (TPSA) is 76.7 Å². The number of nitrogens with zero attached hydrogens (tertiary/aromatic N) is 3. The van der Waals surface area contributed by atoms with Crippen molar-refractivity contribution in [2.45, 2.75) is 6.54 Å². The minimum absolute atomic E-state index is 0.357. The monoisotopic (exact) mass is 313 g/mol. The Kier molecular flexibility index (Phi) is 5.12. The highest BCUT2D eigenvalue weighted by atomic mass is 35.5. The van der Waals surface area contributed by atoms with Gasteiger partial charge in [-0.1, -0.05) is 29.8 Å². The van der Waals surface area contributed by atoms with Crippen molar-refractivity contribution < 1.29 is 9.90 Å². The molecule has 6 heteroatoms. The van der Waals surface area contributed by atoms with Crippen molar-refractivity contribution in [3.8, 4) is 6.07 Å². The summed E-state index contributed by atoms with van der Waals surface area (Å²) in [7, 11) is 0. The van der Waals surface area contributed by atoms with E-state index < -0.39 is 5.97 Å². The lowest BCUT2D eigenvalue weighted by molar-refractivity contribution is -0.128. The number of halogens is 1. The molecule has 0 radical (unpaired) electrons. The van der Waals surface area contributed by atoms with Gasteiger partial charge in [0.2, 0.25) is 0 Å². The zero-order valence-corrected chi connectivity index (χ0v) is 12.2. The quantitative estimate of drug-likeness (QED) is 0.678. The third-order valence-corrected chi connectivity index (χ3v) is 3.06. The molecule has 5 nitrogen and oxygen atoms in total. The Labute approximate surface area is 132 Å². The number of carbonyl (C=O) groups is 1. The van der Waals surface area contributed by atoms with Crippen molar-refractivity contribution in [2.75, 3.05) is 5.01 Å². The Morgan fingerprint density at radius 2 is 2.05 bits per heavy atom. The standard InChI is InChI=1S/C16H12ClN3O2/c17-14-2-1-3-15(8-14)20(19-10-16(21)22)11-13-6-4-12(9-18)5-7-13/h1-8,10H,11H2,(H,21,22). The maximum Gasteiger partial charge on any atom is 0.348 e. The molecule has 110 valence electrons. The molecule has 0 saturated carbocycles. The Bertz CT molecular complexity index is 736. The van der Waals surface area contributed by atoms with E-state index >= 15 is 0 Å². The van der Waals surface area contributed by atoms with E-state index in [0.717, 1.165) is 11.8 Å². The molecule has 0 bridgehead atoms. The van der Waals surface area contributed by atoms with E-state index in [4.69, 9.17) is 22.0 Å². The van der Waals surface area contributed by atoms with Gasteiger partial charge in [-0.15, -0.1) is 0 Å². The number of carboxylic acid groups (broad SMARTS) is 1. The first-order valence-corrected chi connectivity index (χ1v) is 6.75. The number of nitriles is 1. The number of hydrazone groups is 1. The molecule has 2 aromatic carbocycles. The molecule has 22 heavy (non-hydrogen) atoms. The second-order valence-corrected chi connectivity index (χ2v) is 4.87. The van der Waals surface area contributed by atoms with Crippen molar-refractivity contribution in [1.29, 1.82) is 5.26 Å². The molecule has 0 saturated heterocycles. The predicted octanol–water partition coefficient (Wildman–Crippen LogP) is 3.29. The SMILES string of the molecule is N#Cc1ccc(CN(N=CC(=O)O)c2cccc(Cl)c2)cc1. The van der Waals surface area contributed by atoms with Gasteiger partial charge in [0.15, 0.2) is 0 Å². The molecule has 2 aromatic rings. The molecule has 0 fully saturated rings. The normalized spacial score (nSPS) is 10.4. The Balaban J connectivity index is 2.27. The lowest BCUT2D eigenvalue weighted by atomic mass is 10.1. The lowest BCUT2D eigenvalue weighted by Crippen LogP contribution is -2.17. The molecule has 0 atom stereocenters. The molecule has 0 amide bonds. The van der Waals surface area contributed by atoms with Crippen LogP contribution in [0.15, 0.2) is 53.6 Å². The summed E-state index contributed by atoms with van der Waals surface area (Å²) in [5.41, 5.74) is 2.13. The van der Waals surface area contributed by atoms with E-state index in [2.05, 4.69) is 5.10 Å². The number of hydrogen-bond acceptors (Lipinski definition) is 4. The molecule has 0 spiro atoms. The maximum absolute atomic E-state index is 10.7. The van der Waals surface area contributed by atoms with Gasteiger partial charge in [0.1, 0.15) is 6.21 Å². The highest BCUT2D eigenvalue weighted by molar-refractivity contribution is 6.30. The molecule has 0 heterocycles. The third kappa shape index (κ3) is 4.33. The molecule has 0 aliphatic carbocycles. The summed E-state index contributed by atoms with van der Waals surface area (Å²) in [5, 5.41) is 23.6. The van der Waals surface area contributed by atoms with Crippen LogP contribution in [0, 0.1) is 11.3 Å². The summed E-state index contributed by atoms with van der Waals surface area (Å²) < 4.78 is 0. The van der Waals surface area contributed by atoms with Gasteiger partial charge in [0.25, 0.3) is 0 Å². The van der Waals surface area contributed by atoms with Gasteiger partial charge in [-0.25, -0.2) is 4.79 Å². The smallest absolute Gasteiger partial charge is 0.348 e. The van der Waals surface area contributed by atoms with Crippen molar-refractivity contribution in [2.24, 2.45) is 5.10 Å². The summed E-state index contributed by atoms with van der Waals surface area (Å²) in [6.45, 7) is 0.357. The van der Waals surface area contributed by atoms with Gasteiger partial charge in [-0.2, -0.15) is 10.4 Å². The molecule has 0 aliphatic heterocycles. The summed E-state index contributed by atoms with van der Waals surface area (Å²) in [5.74, 6) is -1.13. The summed E-state index contributed by atoms with van der Waals surface area (Å²) in [6, 6.07) is 16.0. The van der Waals surface area contributed by atoms with E-state index in [1.54, 1.807) is 48.5 Å². The first-order valence-electron chi connectivity index (χ1n) is 6.37. The van der Waals surface area contributed by atoms with Gasteiger partial charge in [-0.3, -0.25) is 5.01 Å². The fraction of sp³-hybridized carbons (Fsp3) is 0.0625. The first-order chi connectivity index (χ1) is 10.6. The molecular formula is C16H12ClN3O2. The van der Waals surface area contributed by atoms with Gasteiger partial charge in [0.05, 0.1) is 23.9 Å². The van der Waals surface area contributed by atoms with Gasteiger partial charge >= 0.3 is 5.97 Å². The van der Waals surface area contributed by atoms with Gasteiger partial charge in [0, 0.05) is 5.02 Å². The fourth-order valence-electron chi connectivity index (χ4n) is 1.81. The van der Waals surface area contributed by atoms with E-state index in [1.165, 1.54) is 5.01 Å². The van der Waals surface area contributed by atoms with Gasteiger partial charge in [-0.05, 0) is 35.9 Å². The van der Waals surface area contributed by atoms with Crippen molar-refractivity contribution >= 4 is 29.5 Å². The van der Waals surface area contributed by atoms with Crippen LogP contribution in [0.25, 0.3) is 0 Å². The number of carboxylic acids is 1. The molecular weight excluding hydrogens is 302 g/mol. The molecule has 1 N–H and O–H groups in total. The van der Waals surface area contributed by atoms with Crippen LogP contribution in [0.3, 0.4) is 0 Å². The van der Waals surface area contributed by atoms with Crippen LogP contribution in [0.4, 0.5) is 5.69 Å². The molecule has 0 aromatic heterocycles. The van der Waals surface area contributed by atoms with Crippen LogP contribution in [0.5, 0.6) is 0 Å². The van der Waals surface area contributed by atoms with Gasteiger partial charge < -0.3 is 5.11 Å². The lowest BCUT2D eigenvalue weighted by Gasteiger charge is -2.19. The first kappa shape index (κ1) is 15.5. The summed E-state index contributed by atoms with van der Waals surface area (Å²) >= 11 is 5.96. The molecule has 0 aliphatic rings. The van der Waals surface area contributed by atoms with Crippen LogP contribution in [-0.2, 0) is 11.3 Å². The van der Waals surface area contributed by atoms with Crippen molar-refractivity contribution in [3.63, 3.8) is 0 Å². The molecule has 0 unspecified atom stereocenters. The van der Waals surface area contributed by atoms with Crippen LogP contribution in [-0.4, -0.2) is 17.3 Å². The second kappa shape index (κ2) is 7.25. The number of hydrogen-bond donors (Lipinski definition) is 1. The van der Waals surface area contributed by atoms with Crippen molar-refractivity contribution in [1.82, 2.24) is 0 Å². The number of aliphatic carboxylic acids is 1. The number of rotatable bonds is 5. The third-order valence-electron chi connectivity index (χ3n) is 2.83. The largest absolute Gasteiger partial charge is 0.477 e. The van der Waals surface area contributed by atoms with E-state index in [-0.39, 0.29) is 0 Å². The molecule has 2 rings (SSSR count).